The van der Waals surface area contributed by atoms with Gasteiger partial charge in [-0.1, -0.05) is 31.4 Å². The number of aliphatic hydroxyl groups is 1. The average molecular weight is 345 g/mol. The summed E-state index contributed by atoms with van der Waals surface area (Å²) in [4.78, 5) is 14.6. The van der Waals surface area contributed by atoms with Crippen molar-refractivity contribution in [2.75, 3.05) is 19.4 Å². The molecule has 0 aliphatic rings. The second kappa shape index (κ2) is 12.6. The number of carbonyl (C=O) groups excluding carboxylic acids is 1. The number of carbonyl (C=O) groups is 1. The number of pyridine rings is 1. The van der Waals surface area contributed by atoms with Crippen LogP contribution in [0.2, 0.25) is 0 Å². The van der Waals surface area contributed by atoms with Crippen LogP contribution in [0.25, 0.3) is 11.3 Å². The van der Waals surface area contributed by atoms with Gasteiger partial charge in [-0.05, 0) is 25.6 Å². The van der Waals surface area contributed by atoms with Crippen molar-refractivity contribution >= 4 is 12.0 Å². The number of nitrogens with two attached hydrogens (primary N) is 2. The maximum Gasteiger partial charge on any atom is 0.170 e. The smallest absolute Gasteiger partial charge is 0.170 e. The van der Waals surface area contributed by atoms with Crippen LogP contribution in [-0.4, -0.2) is 30.0 Å². The minimum atomic E-state index is -0.590. The van der Waals surface area contributed by atoms with E-state index in [0.29, 0.717) is 24.0 Å². The molecule has 5 N–H and O–H groups in total. The van der Waals surface area contributed by atoms with Crippen molar-refractivity contribution in [2.45, 2.75) is 19.8 Å². The first kappa shape index (κ1) is 22.2. The van der Waals surface area contributed by atoms with Crippen LogP contribution in [0.1, 0.15) is 35.8 Å². The molecule has 0 aliphatic carbocycles. The van der Waals surface area contributed by atoms with Gasteiger partial charge in [0.15, 0.2) is 12.1 Å². The number of aromatic nitrogens is 1. The summed E-state index contributed by atoms with van der Waals surface area (Å²) in [7, 11) is 1.50. The van der Waals surface area contributed by atoms with E-state index in [-0.39, 0.29) is 17.1 Å². The molecule has 0 saturated carbocycles. The van der Waals surface area contributed by atoms with Crippen molar-refractivity contribution in [3.63, 3.8) is 0 Å². The number of benzene rings is 1. The summed E-state index contributed by atoms with van der Waals surface area (Å²) in [5.74, 6) is 1.86. The number of hydrogen-bond donors (Lipinski definition) is 3. The molecule has 2 rings (SSSR count). The third-order valence-corrected chi connectivity index (χ3v) is 2.96. The molecule has 0 unspecified atom stereocenters. The Morgan fingerprint density at radius 2 is 2.04 bits per heavy atom. The van der Waals surface area contributed by atoms with Crippen molar-refractivity contribution in [1.29, 1.82) is 0 Å². The number of terminal acetylenes is 1. The van der Waals surface area contributed by atoms with E-state index in [1.54, 1.807) is 24.3 Å². The number of rotatable bonds is 4. The zero-order chi connectivity index (χ0) is 19.2. The summed E-state index contributed by atoms with van der Waals surface area (Å²) in [5, 5.41) is 8.07. The van der Waals surface area contributed by atoms with Gasteiger partial charge in [-0.25, -0.2) is 9.37 Å². The number of aliphatic hydroxyl groups excluding tert-OH is 1. The second-order valence-corrected chi connectivity index (χ2v) is 4.71. The van der Waals surface area contributed by atoms with Crippen LogP contribution < -0.4 is 11.5 Å². The second-order valence-electron chi connectivity index (χ2n) is 4.71. The largest absolute Gasteiger partial charge is 0.397 e. The first-order valence-corrected chi connectivity index (χ1v) is 7.74. The summed E-state index contributed by atoms with van der Waals surface area (Å²) >= 11 is 0. The highest BCUT2D eigenvalue weighted by atomic mass is 19.1. The zero-order valence-electron chi connectivity index (χ0n) is 14.5. The van der Waals surface area contributed by atoms with Gasteiger partial charge in [0.05, 0.1) is 5.69 Å². The molecule has 25 heavy (non-hydrogen) atoms. The van der Waals surface area contributed by atoms with Crippen molar-refractivity contribution < 1.29 is 14.3 Å². The fourth-order valence-corrected chi connectivity index (χ4v) is 1.73. The molecule has 134 valence electrons. The quantitative estimate of drug-likeness (QED) is 0.584. The van der Waals surface area contributed by atoms with Crippen LogP contribution in [0.15, 0.2) is 30.3 Å². The number of halogens is 1. The first-order valence-electron chi connectivity index (χ1n) is 7.74. The highest BCUT2D eigenvalue weighted by Crippen LogP contribution is 2.24. The Kier molecular flexibility index (Phi) is 11.3. The van der Waals surface area contributed by atoms with Gasteiger partial charge in [0.1, 0.15) is 11.4 Å². The standard InChI is InChI=1S/C14H9FN2O.C4H10O.CH5N/c1-2-9-4-3-5-10(6-9)14-11(15)7-12(16)13(8-18)17-14;1-2-3-4-5;1-2/h1,3-8H,16H2;5H,2-4H2,1H3;2H2,1H3. The topological polar surface area (TPSA) is 102 Å². The summed E-state index contributed by atoms with van der Waals surface area (Å²) in [6.45, 7) is 2.40. The molecular formula is C19H24FN3O2. The van der Waals surface area contributed by atoms with Crippen LogP contribution in [0.5, 0.6) is 0 Å². The molecule has 0 atom stereocenters. The Labute approximate surface area is 147 Å². The number of anilines is 1. The summed E-state index contributed by atoms with van der Waals surface area (Å²) in [6.07, 6.45) is 7.80. The molecule has 2 aromatic rings. The highest BCUT2D eigenvalue weighted by Gasteiger charge is 2.11. The molecule has 0 aliphatic heterocycles. The number of aldehydes is 1. The first-order chi connectivity index (χ1) is 12.1. The van der Waals surface area contributed by atoms with Crippen LogP contribution in [0.4, 0.5) is 10.1 Å². The van der Waals surface area contributed by atoms with E-state index >= 15 is 0 Å². The molecule has 1 aromatic carbocycles. The summed E-state index contributed by atoms with van der Waals surface area (Å²) in [5.41, 5.74) is 11.2. The molecule has 0 amide bonds. The zero-order valence-corrected chi connectivity index (χ0v) is 14.5. The molecule has 1 aromatic heterocycles. The average Bonchev–Trinajstić information content (AvgIpc) is 2.65. The predicted molar refractivity (Wildman–Crippen MR) is 99.5 cm³/mol. The number of nitrogens with zero attached hydrogens (tertiary/aromatic N) is 1. The number of hydrogen-bond acceptors (Lipinski definition) is 5. The lowest BCUT2D eigenvalue weighted by atomic mass is 10.1. The van der Waals surface area contributed by atoms with E-state index in [0.717, 1.165) is 18.9 Å². The summed E-state index contributed by atoms with van der Waals surface area (Å²) in [6, 6.07) is 7.78. The molecule has 6 heteroatoms. The molecule has 1 heterocycles. The van der Waals surface area contributed by atoms with Gasteiger partial charge in [0.2, 0.25) is 0 Å². The van der Waals surface area contributed by atoms with Gasteiger partial charge in [0, 0.05) is 23.8 Å². The Morgan fingerprint density at radius 3 is 2.52 bits per heavy atom. The predicted octanol–water partition coefficient (Wildman–Crippen LogP) is 2.62. The molecule has 0 fully saturated rings. The normalized spacial score (nSPS) is 8.96. The SMILES string of the molecule is C#Cc1cccc(-c2nc(C=O)c(N)cc2F)c1.CCCCO.CN. The number of unbranched alkanes of at least 4 members (excludes halogenated alkanes) is 1. The van der Waals surface area contributed by atoms with Gasteiger partial charge in [-0.3, -0.25) is 4.79 Å². The molecular weight excluding hydrogens is 321 g/mol. The van der Waals surface area contributed by atoms with Gasteiger partial charge in [0.25, 0.3) is 0 Å². The fraction of sp³-hybridized carbons (Fsp3) is 0.263. The third-order valence-electron chi connectivity index (χ3n) is 2.96. The lowest BCUT2D eigenvalue weighted by Gasteiger charge is -2.06. The fourth-order valence-electron chi connectivity index (χ4n) is 1.73. The Balaban J connectivity index is 0.000000710. The third kappa shape index (κ3) is 7.12. The van der Waals surface area contributed by atoms with Crippen LogP contribution in [0, 0.1) is 18.2 Å². The van der Waals surface area contributed by atoms with E-state index < -0.39 is 5.82 Å². The lowest BCUT2D eigenvalue weighted by molar-refractivity contribution is 0.112. The highest BCUT2D eigenvalue weighted by molar-refractivity contribution is 5.82. The number of nitrogen functional groups attached to an aromatic ring is 1. The van der Waals surface area contributed by atoms with E-state index in [1.165, 1.54) is 7.05 Å². The van der Waals surface area contributed by atoms with E-state index in [2.05, 4.69) is 23.6 Å². The monoisotopic (exact) mass is 345 g/mol. The van der Waals surface area contributed by atoms with Gasteiger partial charge in [-0.2, -0.15) is 0 Å². The van der Waals surface area contributed by atoms with E-state index in [1.807, 2.05) is 0 Å². The van der Waals surface area contributed by atoms with Crippen molar-refractivity contribution in [1.82, 2.24) is 4.98 Å². The maximum atomic E-state index is 13.8. The minimum Gasteiger partial charge on any atom is -0.397 e. The minimum absolute atomic E-state index is 0.0116. The van der Waals surface area contributed by atoms with Crippen molar-refractivity contribution in [3.8, 4) is 23.6 Å². The maximum absolute atomic E-state index is 13.8. The van der Waals surface area contributed by atoms with Crippen LogP contribution in [-0.2, 0) is 0 Å². The lowest BCUT2D eigenvalue weighted by Crippen LogP contribution is -2.01. The van der Waals surface area contributed by atoms with E-state index in [9.17, 15) is 9.18 Å². The van der Waals surface area contributed by atoms with Crippen LogP contribution in [0.3, 0.4) is 0 Å². The van der Waals surface area contributed by atoms with Crippen molar-refractivity contribution in [3.05, 3.63) is 47.4 Å². The molecule has 0 bridgehead atoms. The van der Waals surface area contributed by atoms with Crippen LogP contribution >= 0.6 is 0 Å². The van der Waals surface area contributed by atoms with E-state index in [4.69, 9.17) is 17.3 Å². The Bertz CT molecular complexity index is 710. The molecule has 0 saturated heterocycles. The van der Waals surface area contributed by atoms with Gasteiger partial charge in [-0.15, -0.1) is 6.42 Å². The van der Waals surface area contributed by atoms with Gasteiger partial charge >= 0.3 is 0 Å². The van der Waals surface area contributed by atoms with Crippen molar-refractivity contribution in [2.24, 2.45) is 5.73 Å². The molecule has 0 spiro atoms. The Hall–Kier alpha value is -2.75. The summed E-state index contributed by atoms with van der Waals surface area (Å²) < 4.78 is 13.8. The molecule has 0 radical (unpaired) electrons. The van der Waals surface area contributed by atoms with Gasteiger partial charge < -0.3 is 16.6 Å². The Morgan fingerprint density at radius 1 is 1.36 bits per heavy atom. The molecule has 5 nitrogen and oxygen atoms in total.